The largest absolute Gasteiger partial charge is 0.355 e. The molecule has 1 saturated heterocycles. The minimum Gasteiger partial charge on any atom is -0.355 e. The lowest BCUT2D eigenvalue weighted by Gasteiger charge is -2.16. The second-order valence-electron chi connectivity index (χ2n) is 3.65. The highest BCUT2D eigenvalue weighted by atomic mass is 32.2. The molecule has 4 heteroatoms. The molecule has 1 aromatic heterocycles. The third kappa shape index (κ3) is 2.72. The van der Waals surface area contributed by atoms with Crippen LogP contribution in [0.1, 0.15) is 13.3 Å². The fourth-order valence-electron chi connectivity index (χ4n) is 1.81. The number of hydrogen-bond donors (Lipinski definition) is 0. The highest BCUT2D eigenvalue weighted by Gasteiger charge is 2.24. The van der Waals surface area contributed by atoms with Crippen LogP contribution in [0.3, 0.4) is 0 Å². The maximum absolute atomic E-state index is 11.0. The lowest BCUT2D eigenvalue weighted by Crippen LogP contribution is -2.21. The van der Waals surface area contributed by atoms with E-state index in [1.54, 1.807) is 13.1 Å². The number of pyridine rings is 1. The van der Waals surface area contributed by atoms with Crippen molar-refractivity contribution in [1.82, 2.24) is 4.98 Å². The third-order valence-electron chi connectivity index (χ3n) is 2.45. The molecule has 0 aromatic carbocycles. The zero-order valence-electron chi connectivity index (χ0n) is 8.72. The van der Waals surface area contributed by atoms with Gasteiger partial charge in [-0.05, 0) is 18.6 Å². The molecule has 1 aliphatic rings. The molecule has 0 spiro atoms. The molecule has 1 aliphatic heterocycles. The van der Waals surface area contributed by atoms with Gasteiger partial charge >= 0.3 is 0 Å². The molecule has 1 atom stereocenters. The summed E-state index contributed by atoms with van der Waals surface area (Å²) in [5.74, 6) is 1.02. The van der Waals surface area contributed by atoms with E-state index in [4.69, 9.17) is 0 Å². The Bertz CT molecular complexity index is 342. The lowest BCUT2D eigenvalue weighted by atomic mass is 10.4. The van der Waals surface area contributed by atoms with E-state index in [0.29, 0.717) is 5.25 Å². The Labute approximate surface area is 93.9 Å². The van der Waals surface area contributed by atoms with Crippen LogP contribution in [-0.4, -0.2) is 28.4 Å². The zero-order chi connectivity index (χ0) is 10.7. The zero-order valence-corrected chi connectivity index (χ0v) is 9.54. The number of rotatable bonds is 2. The molecule has 2 heterocycles. The first kappa shape index (κ1) is 10.5. The number of aromatic nitrogens is 1. The minimum absolute atomic E-state index is 0.211. The van der Waals surface area contributed by atoms with Crippen molar-refractivity contribution < 1.29 is 4.79 Å². The van der Waals surface area contributed by atoms with Crippen LogP contribution in [0.25, 0.3) is 0 Å². The molecule has 1 aromatic rings. The average Bonchev–Trinajstić information content (AvgIpc) is 2.67. The molecule has 0 saturated carbocycles. The summed E-state index contributed by atoms with van der Waals surface area (Å²) in [5.41, 5.74) is 0. The van der Waals surface area contributed by atoms with Crippen molar-refractivity contribution in [2.24, 2.45) is 0 Å². The molecule has 0 radical (unpaired) electrons. The van der Waals surface area contributed by atoms with Crippen LogP contribution in [0.2, 0.25) is 0 Å². The normalized spacial score (nSPS) is 20.6. The molecule has 3 nitrogen and oxygen atoms in total. The number of anilines is 1. The molecule has 0 amide bonds. The van der Waals surface area contributed by atoms with Gasteiger partial charge < -0.3 is 4.90 Å². The van der Waals surface area contributed by atoms with Crippen LogP contribution in [0, 0.1) is 0 Å². The van der Waals surface area contributed by atoms with Crippen molar-refractivity contribution in [1.29, 1.82) is 0 Å². The molecule has 80 valence electrons. The van der Waals surface area contributed by atoms with Gasteiger partial charge in [0.15, 0.2) is 5.12 Å². The van der Waals surface area contributed by atoms with Gasteiger partial charge in [-0.3, -0.25) is 4.79 Å². The Morgan fingerprint density at radius 1 is 1.60 bits per heavy atom. The second-order valence-corrected chi connectivity index (χ2v) is 5.13. The molecule has 15 heavy (non-hydrogen) atoms. The van der Waals surface area contributed by atoms with E-state index < -0.39 is 0 Å². The molecule has 0 unspecified atom stereocenters. The molecule has 2 rings (SSSR count). The van der Waals surface area contributed by atoms with E-state index in [2.05, 4.69) is 9.88 Å². The predicted molar refractivity (Wildman–Crippen MR) is 63.1 cm³/mol. The van der Waals surface area contributed by atoms with Crippen molar-refractivity contribution in [3.05, 3.63) is 24.4 Å². The van der Waals surface area contributed by atoms with Crippen molar-refractivity contribution in [3.8, 4) is 0 Å². The maximum atomic E-state index is 11.0. The topological polar surface area (TPSA) is 33.2 Å². The summed E-state index contributed by atoms with van der Waals surface area (Å²) in [6.07, 6.45) is 2.88. The average molecular weight is 222 g/mol. The van der Waals surface area contributed by atoms with Crippen molar-refractivity contribution in [2.45, 2.75) is 18.6 Å². The summed E-state index contributed by atoms with van der Waals surface area (Å²) in [4.78, 5) is 17.5. The van der Waals surface area contributed by atoms with Gasteiger partial charge in [0, 0.05) is 31.5 Å². The lowest BCUT2D eigenvalue weighted by molar-refractivity contribution is -0.109. The Balaban J connectivity index is 1.96. The van der Waals surface area contributed by atoms with Gasteiger partial charge in [0.2, 0.25) is 0 Å². The highest BCUT2D eigenvalue weighted by Crippen LogP contribution is 2.25. The summed E-state index contributed by atoms with van der Waals surface area (Å²) in [5, 5.41) is 0.646. The summed E-state index contributed by atoms with van der Waals surface area (Å²) < 4.78 is 0. The van der Waals surface area contributed by atoms with Gasteiger partial charge in [-0.15, -0.1) is 0 Å². The van der Waals surface area contributed by atoms with Gasteiger partial charge in [-0.25, -0.2) is 4.98 Å². The van der Waals surface area contributed by atoms with Gasteiger partial charge in [0.25, 0.3) is 0 Å². The van der Waals surface area contributed by atoms with Gasteiger partial charge in [-0.1, -0.05) is 17.8 Å². The quantitative estimate of drug-likeness (QED) is 0.765. The van der Waals surface area contributed by atoms with Crippen molar-refractivity contribution in [3.63, 3.8) is 0 Å². The summed E-state index contributed by atoms with van der Waals surface area (Å²) in [6, 6.07) is 5.93. The predicted octanol–water partition coefficient (Wildman–Crippen LogP) is 1.94. The molecule has 0 N–H and O–H groups in total. The summed E-state index contributed by atoms with van der Waals surface area (Å²) >= 11 is 1.45. The third-order valence-corrected chi connectivity index (χ3v) is 3.50. The van der Waals surface area contributed by atoms with Crippen LogP contribution in [0.4, 0.5) is 5.82 Å². The molecule has 0 aliphatic carbocycles. The first-order valence-electron chi connectivity index (χ1n) is 5.09. The second kappa shape index (κ2) is 4.66. The number of thioether (sulfide) groups is 1. The van der Waals surface area contributed by atoms with Crippen LogP contribution in [0.5, 0.6) is 0 Å². The SMILES string of the molecule is CC(=O)S[C@H]1CCN(c2ccccn2)C1. The standard InChI is InChI=1S/C11H14N2OS/c1-9(14)15-10-5-7-13(8-10)11-4-2-3-6-12-11/h2-4,6,10H,5,7-8H2,1H3/t10-/m0/s1. The van der Waals surface area contributed by atoms with Crippen molar-refractivity contribution in [2.75, 3.05) is 18.0 Å². The van der Waals surface area contributed by atoms with E-state index in [1.165, 1.54) is 11.8 Å². The number of hydrogen-bond acceptors (Lipinski definition) is 4. The van der Waals surface area contributed by atoms with Gasteiger partial charge in [0.1, 0.15) is 5.82 Å². The molecule has 0 bridgehead atoms. The van der Waals surface area contributed by atoms with Crippen LogP contribution >= 0.6 is 11.8 Å². The Morgan fingerprint density at radius 2 is 2.47 bits per heavy atom. The van der Waals surface area contributed by atoms with E-state index in [-0.39, 0.29) is 5.12 Å². The van der Waals surface area contributed by atoms with Crippen LogP contribution < -0.4 is 4.90 Å². The number of carbonyl (C=O) groups is 1. The van der Waals surface area contributed by atoms with Crippen LogP contribution in [-0.2, 0) is 4.79 Å². The highest BCUT2D eigenvalue weighted by molar-refractivity contribution is 8.14. The summed E-state index contributed by atoms with van der Waals surface area (Å²) in [6.45, 7) is 3.57. The monoisotopic (exact) mass is 222 g/mol. The van der Waals surface area contributed by atoms with Gasteiger partial charge in [0.05, 0.1) is 0 Å². The maximum Gasteiger partial charge on any atom is 0.186 e. The van der Waals surface area contributed by atoms with E-state index in [9.17, 15) is 4.79 Å². The number of nitrogens with zero attached hydrogens (tertiary/aromatic N) is 2. The fourth-order valence-corrected chi connectivity index (χ4v) is 2.76. The van der Waals surface area contributed by atoms with E-state index >= 15 is 0 Å². The van der Waals surface area contributed by atoms with Gasteiger partial charge in [-0.2, -0.15) is 0 Å². The Morgan fingerprint density at radius 3 is 3.13 bits per heavy atom. The van der Waals surface area contributed by atoms with E-state index in [0.717, 1.165) is 25.3 Å². The Kier molecular flexibility index (Phi) is 3.26. The first-order chi connectivity index (χ1) is 7.25. The summed E-state index contributed by atoms with van der Waals surface area (Å²) in [7, 11) is 0. The fraction of sp³-hybridized carbons (Fsp3) is 0.455. The smallest absolute Gasteiger partial charge is 0.186 e. The molecule has 1 fully saturated rings. The molecular weight excluding hydrogens is 208 g/mol. The van der Waals surface area contributed by atoms with Crippen molar-refractivity contribution >= 4 is 22.7 Å². The van der Waals surface area contributed by atoms with E-state index in [1.807, 2.05) is 18.2 Å². The molecular formula is C11H14N2OS. The minimum atomic E-state index is 0.211. The first-order valence-corrected chi connectivity index (χ1v) is 5.97. The number of carbonyl (C=O) groups excluding carboxylic acids is 1. The van der Waals surface area contributed by atoms with Crippen LogP contribution in [0.15, 0.2) is 24.4 Å². The Hall–Kier alpha value is -1.03.